The van der Waals surface area contributed by atoms with Gasteiger partial charge in [0.15, 0.2) is 9.84 Å². The van der Waals surface area contributed by atoms with Crippen molar-refractivity contribution in [1.82, 2.24) is 5.32 Å². The van der Waals surface area contributed by atoms with Crippen molar-refractivity contribution in [2.24, 2.45) is 5.92 Å². The maximum Gasteiger partial charge on any atom is 0.152 e. The van der Waals surface area contributed by atoms with Crippen LogP contribution >= 0.6 is 0 Å². The lowest BCUT2D eigenvalue weighted by Crippen LogP contribution is -2.28. The average Bonchev–Trinajstić information content (AvgIpc) is 2.34. The first kappa shape index (κ1) is 17.0. The Balaban J connectivity index is 3.05. The summed E-state index contributed by atoms with van der Waals surface area (Å²) in [6, 6.07) is 5.56. The Morgan fingerprint density at radius 1 is 1.25 bits per heavy atom. The van der Waals surface area contributed by atoms with Gasteiger partial charge >= 0.3 is 0 Å². The van der Waals surface area contributed by atoms with Crippen molar-refractivity contribution < 1.29 is 13.2 Å². The molecule has 0 radical (unpaired) electrons. The van der Waals surface area contributed by atoms with Crippen LogP contribution in [-0.4, -0.2) is 34.1 Å². The maximum atomic E-state index is 12.2. The molecule has 0 aromatic heterocycles. The van der Waals surface area contributed by atoms with E-state index in [0.29, 0.717) is 0 Å². The molecule has 0 heterocycles. The summed E-state index contributed by atoms with van der Waals surface area (Å²) in [5.74, 6) is 1.15. The molecule has 0 aliphatic heterocycles. The minimum atomic E-state index is -3.10. The van der Waals surface area contributed by atoms with Gasteiger partial charge in [-0.15, -0.1) is 0 Å². The Kier molecular flexibility index (Phi) is 6.02. The van der Waals surface area contributed by atoms with Gasteiger partial charge in [0.05, 0.1) is 18.6 Å². The zero-order valence-corrected chi connectivity index (χ0v) is 13.8. The van der Waals surface area contributed by atoms with Crippen molar-refractivity contribution in [3.63, 3.8) is 0 Å². The Labute approximate surface area is 122 Å². The summed E-state index contributed by atoms with van der Waals surface area (Å²) >= 11 is 0. The van der Waals surface area contributed by atoms with Gasteiger partial charge in [0.1, 0.15) is 5.75 Å². The van der Waals surface area contributed by atoms with E-state index < -0.39 is 9.84 Å². The number of sulfone groups is 1. The third kappa shape index (κ3) is 4.80. The fourth-order valence-corrected chi connectivity index (χ4v) is 4.29. The molecule has 0 amide bonds. The summed E-state index contributed by atoms with van der Waals surface area (Å²) in [6.45, 7) is 5.82. The van der Waals surface area contributed by atoms with E-state index in [2.05, 4.69) is 5.32 Å². The molecule has 0 spiro atoms. The number of methoxy groups -OCH3 is 1. The standard InChI is InChI=1S/C15H25NO3S/c1-11(2)9-20(17,18)10-14(16-4)13-8-12(3)6-7-15(13)19-5/h6-8,11,14,16H,9-10H2,1-5H3. The van der Waals surface area contributed by atoms with Crippen molar-refractivity contribution in [1.29, 1.82) is 0 Å². The van der Waals surface area contributed by atoms with E-state index in [1.807, 2.05) is 39.0 Å². The van der Waals surface area contributed by atoms with Crippen LogP contribution in [0.15, 0.2) is 18.2 Å². The van der Waals surface area contributed by atoms with Gasteiger partial charge in [-0.1, -0.05) is 31.5 Å². The van der Waals surface area contributed by atoms with Crippen LogP contribution in [-0.2, 0) is 9.84 Å². The van der Waals surface area contributed by atoms with Crippen LogP contribution in [0.5, 0.6) is 5.75 Å². The molecule has 1 atom stereocenters. The molecule has 0 saturated heterocycles. The van der Waals surface area contributed by atoms with Gasteiger partial charge in [0.2, 0.25) is 0 Å². The fraction of sp³-hybridized carbons (Fsp3) is 0.600. The number of rotatable bonds is 7. The second kappa shape index (κ2) is 7.09. The fourth-order valence-electron chi connectivity index (χ4n) is 2.28. The van der Waals surface area contributed by atoms with E-state index in [-0.39, 0.29) is 23.5 Å². The number of hydrogen-bond donors (Lipinski definition) is 1. The molecule has 0 saturated carbocycles. The summed E-state index contributed by atoms with van der Waals surface area (Å²) in [4.78, 5) is 0. The van der Waals surface area contributed by atoms with E-state index >= 15 is 0 Å². The average molecular weight is 299 g/mol. The molecule has 1 rings (SSSR count). The third-order valence-corrected chi connectivity index (χ3v) is 5.13. The van der Waals surface area contributed by atoms with E-state index in [1.165, 1.54) is 0 Å². The van der Waals surface area contributed by atoms with Crippen LogP contribution in [0.4, 0.5) is 0 Å². The van der Waals surface area contributed by atoms with Crippen LogP contribution < -0.4 is 10.1 Å². The van der Waals surface area contributed by atoms with E-state index in [0.717, 1.165) is 16.9 Å². The van der Waals surface area contributed by atoms with Gasteiger partial charge < -0.3 is 10.1 Å². The molecule has 0 fully saturated rings. The van der Waals surface area contributed by atoms with Crippen LogP contribution in [0.2, 0.25) is 0 Å². The minimum absolute atomic E-state index is 0.0848. The lowest BCUT2D eigenvalue weighted by Gasteiger charge is -2.20. The third-order valence-electron chi connectivity index (χ3n) is 3.12. The number of ether oxygens (including phenoxy) is 1. The highest BCUT2D eigenvalue weighted by Gasteiger charge is 2.23. The SMILES string of the molecule is CNC(CS(=O)(=O)CC(C)C)c1cc(C)ccc1OC. The minimum Gasteiger partial charge on any atom is -0.496 e. The summed E-state index contributed by atoms with van der Waals surface area (Å²) in [6.07, 6.45) is 0. The maximum absolute atomic E-state index is 12.2. The molecule has 4 nitrogen and oxygen atoms in total. The van der Waals surface area contributed by atoms with Crippen molar-refractivity contribution >= 4 is 9.84 Å². The molecular weight excluding hydrogens is 274 g/mol. The highest BCUT2D eigenvalue weighted by atomic mass is 32.2. The molecule has 1 N–H and O–H groups in total. The topological polar surface area (TPSA) is 55.4 Å². The van der Waals surface area contributed by atoms with E-state index in [1.54, 1.807) is 14.2 Å². The summed E-state index contributed by atoms with van der Waals surface area (Å²) in [5, 5.41) is 3.09. The summed E-state index contributed by atoms with van der Waals surface area (Å²) in [7, 11) is 0.280. The van der Waals surface area contributed by atoms with Crippen LogP contribution in [0.25, 0.3) is 0 Å². The number of nitrogens with one attached hydrogen (secondary N) is 1. The van der Waals surface area contributed by atoms with Crippen molar-refractivity contribution in [2.75, 3.05) is 25.7 Å². The highest BCUT2D eigenvalue weighted by molar-refractivity contribution is 7.91. The number of benzene rings is 1. The molecule has 20 heavy (non-hydrogen) atoms. The van der Waals surface area contributed by atoms with Gasteiger partial charge in [-0.2, -0.15) is 0 Å². The van der Waals surface area contributed by atoms with Crippen LogP contribution in [0.3, 0.4) is 0 Å². The predicted octanol–water partition coefficient (Wildman–Crippen LogP) is 2.33. The van der Waals surface area contributed by atoms with Crippen LogP contribution in [0.1, 0.15) is 31.0 Å². The molecule has 1 unspecified atom stereocenters. The second-order valence-electron chi connectivity index (χ2n) is 5.56. The summed E-state index contributed by atoms with van der Waals surface area (Å²) in [5.41, 5.74) is 1.98. The van der Waals surface area contributed by atoms with Gasteiger partial charge in [-0.3, -0.25) is 0 Å². The first-order valence-corrected chi connectivity index (χ1v) is 8.63. The highest BCUT2D eigenvalue weighted by Crippen LogP contribution is 2.27. The Morgan fingerprint density at radius 3 is 2.40 bits per heavy atom. The first-order chi connectivity index (χ1) is 9.29. The molecular formula is C15H25NO3S. The zero-order chi connectivity index (χ0) is 15.3. The molecule has 1 aromatic carbocycles. The Morgan fingerprint density at radius 2 is 1.90 bits per heavy atom. The largest absolute Gasteiger partial charge is 0.496 e. The molecule has 1 aromatic rings. The second-order valence-corrected chi connectivity index (χ2v) is 7.71. The van der Waals surface area contributed by atoms with Crippen molar-refractivity contribution in [3.8, 4) is 5.75 Å². The summed E-state index contributed by atoms with van der Waals surface area (Å²) < 4.78 is 29.7. The van der Waals surface area contributed by atoms with Gasteiger partial charge in [-0.25, -0.2) is 8.42 Å². The van der Waals surface area contributed by atoms with Crippen molar-refractivity contribution in [2.45, 2.75) is 26.8 Å². The van der Waals surface area contributed by atoms with Gasteiger partial charge in [-0.05, 0) is 26.0 Å². The number of aryl methyl sites for hydroxylation is 1. The molecule has 5 heteroatoms. The van der Waals surface area contributed by atoms with Crippen molar-refractivity contribution in [3.05, 3.63) is 29.3 Å². The van der Waals surface area contributed by atoms with E-state index in [9.17, 15) is 8.42 Å². The lowest BCUT2D eigenvalue weighted by molar-refractivity contribution is 0.403. The van der Waals surface area contributed by atoms with Gasteiger partial charge in [0.25, 0.3) is 0 Å². The number of hydrogen-bond acceptors (Lipinski definition) is 4. The molecule has 0 aliphatic rings. The van der Waals surface area contributed by atoms with Gasteiger partial charge in [0, 0.05) is 11.6 Å². The quantitative estimate of drug-likeness (QED) is 0.839. The predicted molar refractivity (Wildman–Crippen MR) is 83.0 cm³/mol. The Hall–Kier alpha value is -1.07. The Bertz CT molecular complexity index is 538. The smallest absolute Gasteiger partial charge is 0.152 e. The molecule has 114 valence electrons. The lowest BCUT2D eigenvalue weighted by atomic mass is 10.0. The van der Waals surface area contributed by atoms with Crippen LogP contribution in [0, 0.1) is 12.8 Å². The monoisotopic (exact) mass is 299 g/mol. The van der Waals surface area contributed by atoms with E-state index in [4.69, 9.17) is 4.74 Å². The zero-order valence-electron chi connectivity index (χ0n) is 12.9. The molecule has 0 bridgehead atoms. The molecule has 0 aliphatic carbocycles. The normalized spacial score (nSPS) is 13.5. The first-order valence-electron chi connectivity index (χ1n) is 6.81.